The van der Waals surface area contributed by atoms with Crippen molar-refractivity contribution in [2.45, 2.75) is 37.8 Å². The lowest BCUT2D eigenvalue weighted by Gasteiger charge is -2.17. The van der Waals surface area contributed by atoms with E-state index in [1.54, 1.807) is 12.2 Å². The third-order valence-corrected chi connectivity index (χ3v) is 3.48. The van der Waals surface area contributed by atoms with E-state index in [1.165, 1.54) is 0 Å². The first-order valence-corrected chi connectivity index (χ1v) is 7.56. The quantitative estimate of drug-likeness (QED) is 0.447. The Labute approximate surface area is 119 Å². The maximum Gasteiger partial charge on any atom is 0.160 e. The second-order valence-corrected chi connectivity index (χ2v) is 6.88. The third-order valence-electron chi connectivity index (χ3n) is 2.82. The summed E-state index contributed by atoms with van der Waals surface area (Å²) in [5.41, 5.74) is 1.60. The molecule has 1 heterocycles. The van der Waals surface area contributed by atoms with Gasteiger partial charge in [-0.3, -0.25) is 4.79 Å². The molecule has 0 aromatic carbocycles. The lowest BCUT2D eigenvalue weighted by Crippen LogP contribution is -2.06. The van der Waals surface area contributed by atoms with Gasteiger partial charge in [0.1, 0.15) is 12.0 Å². The van der Waals surface area contributed by atoms with E-state index in [-0.39, 0.29) is 0 Å². The predicted molar refractivity (Wildman–Crippen MR) is 83.7 cm³/mol. The zero-order valence-corrected chi connectivity index (χ0v) is 13.5. The molecule has 0 aromatic rings. The van der Waals surface area contributed by atoms with Crippen LogP contribution in [0.3, 0.4) is 0 Å². The van der Waals surface area contributed by atoms with Crippen molar-refractivity contribution < 1.29 is 13.9 Å². The van der Waals surface area contributed by atoms with Gasteiger partial charge in [0.25, 0.3) is 0 Å². The van der Waals surface area contributed by atoms with Gasteiger partial charge in [0.2, 0.25) is 0 Å². The predicted octanol–water partition coefficient (Wildman–Crippen LogP) is 3.91. The summed E-state index contributed by atoms with van der Waals surface area (Å²) in [5, 5.41) is -1.55. The first-order chi connectivity index (χ1) is 8.97. The number of allylic oxidation sites excluding steroid dienone is 5. The molecule has 1 saturated heterocycles. The first kappa shape index (κ1) is 16.5. The molecule has 2 unspecified atom stereocenters. The molecule has 1 aliphatic rings. The molecular weight excluding hydrogens is 281 g/mol. The summed E-state index contributed by atoms with van der Waals surface area (Å²) >= 11 is 0. The fraction of sp³-hybridized carbons (Fsp3) is 0.500. The second kappa shape index (κ2) is 7.92. The maximum atomic E-state index is 14.0. The lowest BCUT2D eigenvalue weighted by molar-refractivity contribution is -0.104. The van der Waals surface area contributed by atoms with Gasteiger partial charge in [-0.05, 0) is 37.0 Å². The number of rotatable bonds is 4. The highest BCUT2D eigenvalue weighted by Crippen LogP contribution is 2.38. The van der Waals surface area contributed by atoms with Crippen molar-refractivity contribution in [1.82, 2.24) is 0 Å². The van der Waals surface area contributed by atoms with E-state index in [2.05, 4.69) is 18.5 Å². The molecule has 5 heteroatoms. The van der Waals surface area contributed by atoms with Crippen LogP contribution in [0.25, 0.3) is 0 Å². The Morgan fingerprint density at radius 3 is 2.84 bits per heavy atom. The summed E-state index contributed by atoms with van der Waals surface area (Å²) < 4.78 is 19.7. The molecule has 2 atom stereocenters. The molecular formula is C14H21FO2P2. The van der Waals surface area contributed by atoms with E-state index in [4.69, 9.17) is 4.74 Å². The van der Waals surface area contributed by atoms with Gasteiger partial charge in [0.15, 0.2) is 5.15 Å². The smallest absolute Gasteiger partial charge is 0.160 e. The highest BCUT2D eigenvalue weighted by molar-refractivity contribution is 7.40. The van der Waals surface area contributed by atoms with Gasteiger partial charge < -0.3 is 4.74 Å². The second-order valence-electron chi connectivity index (χ2n) is 4.54. The molecule has 0 bridgehead atoms. The summed E-state index contributed by atoms with van der Waals surface area (Å²) in [4.78, 5) is 10.6. The average Bonchev–Trinajstić information content (AvgIpc) is 2.53. The van der Waals surface area contributed by atoms with Crippen molar-refractivity contribution in [2.24, 2.45) is 0 Å². The summed E-state index contributed by atoms with van der Waals surface area (Å²) in [6.45, 7) is 2.57. The van der Waals surface area contributed by atoms with E-state index < -0.39 is 5.15 Å². The minimum atomic E-state index is -1.55. The van der Waals surface area contributed by atoms with Crippen molar-refractivity contribution in [3.8, 4) is 0 Å². The summed E-state index contributed by atoms with van der Waals surface area (Å²) in [7, 11) is 4.34. The maximum absolute atomic E-state index is 14.0. The van der Waals surface area contributed by atoms with Crippen LogP contribution >= 0.6 is 18.5 Å². The lowest BCUT2D eigenvalue weighted by atomic mass is 10.1. The van der Waals surface area contributed by atoms with Crippen LogP contribution in [0.15, 0.2) is 35.1 Å². The van der Waals surface area contributed by atoms with Gasteiger partial charge in [0.05, 0.1) is 6.61 Å². The molecule has 1 fully saturated rings. The van der Waals surface area contributed by atoms with Crippen LogP contribution in [0.2, 0.25) is 0 Å². The minimum absolute atomic E-state index is 0.562. The molecule has 2 nitrogen and oxygen atoms in total. The van der Waals surface area contributed by atoms with Crippen molar-refractivity contribution in [2.75, 3.05) is 6.61 Å². The molecule has 1 aliphatic heterocycles. The first-order valence-electron chi connectivity index (χ1n) is 6.41. The van der Waals surface area contributed by atoms with Gasteiger partial charge in [-0.1, -0.05) is 37.1 Å². The summed E-state index contributed by atoms with van der Waals surface area (Å²) in [5.74, 6) is 0.720. The molecule has 19 heavy (non-hydrogen) atoms. The molecule has 0 N–H and O–H groups in total. The Hall–Kier alpha value is -0.520. The van der Waals surface area contributed by atoms with Crippen molar-refractivity contribution in [1.29, 1.82) is 0 Å². The van der Waals surface area contributed by atoms with Crippen molar-refractivity contribution in [3.05, 3.63) is 35.1 Å². The highest BCUT2D eigenvalue weighted by atomic mass is 31.1. The van der Waals surface area contributed by atoms with Crippen LogP contribution in [0.1, 0.15) is 32.6 Å². The number of aldehydes is 1. The van der Waals surface area contributed by atoms with E-state index in [0.29, 0.717) is 18.6 Å². The van der Waals surface area contributed by atoms with E-state index in [9.17, 15) is 9.18 Å². The zero-order chi connectivity index (χ0) is 14.3. The largest absolute Gasteiger partial charge is 0.498 e. The number of alkyl halides is 1. The Morgan fingerprint density at radius 1 is 1.53 bits per heavy atom. The standard InChI is InChI=1S/C14H21FO2P2/c1-2-4-12(14(15,18)19)10-13-9-11(6-7-16)5-3-8-17-13/h4,6-7,10H,2-3,5,8-9,18-19H2,1H3/b11-6+,12-4+,13-10+. The number of hydrogen-bond donors (Lipinski definition) is 0. The zero-order valence-electron chi connectivity index (χ0n) is 11.2. The Balaban J connectivity index is 2.97. The third kappa shape index (κ3) is 5.97. The van der Waals surface area contributed by atoms with Gasteiger partial charge in [0, 0.05) is 6.42 Å². The number of carbonyl (C=O) groups excluding carboxylic acids is 1. The summed E-state index contributed by atoms with van der Waals surface area (Å²) in [6, 6.07) is 0. The monoisotopic (exact) mass is 302 g/mol. The van der Waals surface area contributed by atoms with Crippen LogP contribution in [0.5, 0.6) is 0 Å². The van der Waals surface area contributed by atoms with Gasteiger partial charge in [-0.25, -0.2) is 4.39 Å². The number of hydrogen-bond acceptors (Lipinski definition) is 2. The van der Waals surface area contributed by atoms with Gasteiger partial charge in [-0.2, -0.15) is 0 Å². The minimum Gasteiger partial charge on any atom is -0.498 e. The molecule has 0 spiro atoms. The Kier molecular flexibility index (Phi) is 6.89. The fourth-order valence-corrected chi connectivity index (χ4v) is 2.32. The molecule has 106 valence electrons. The van der Waals surface area contributed by atoms with Crippen LogP contribution < -0.4 is 0 Å². The van der Waals surface area contributed by atoms with Crippen LogP contribution in [0, 0.1) is 0 Å². The molecule has 0 saturated carbocycles. The van der Waals surface area contributed by atoms with Crippen LogP contribution in [-0.2, 0) is 9.53 Å². The van der Waals surface area contributed by atoms with E-state index in [1.807, 2.05) is 13.0 Å². The number of carbonyl (C=O) groups is 1. The van der Waals surface area contributed by atoms with Crippen LogP contribution in [-0.4, -0.2) is 18.0 Å². The van der Waals surface area contributed by atoms with E-state index in [0.717, 1.165) is 36.9 Å². The SMILES string of the molecule is CC/C=C(\C=C1/C/C(=C/C=O)CCCO1)C(F)(P)P. The van der Waals surface area contributed by atoms with Crippen LogP contribution in [0.4, 0.5) is 4.39 Å². The normalized spacial score (nSPS) is 22.2. The number of halogens is 1. The van der Waals surface area contributed by atoms with E-state index >= 15 is 0 Å². The summed E-state index contributed by atoms with van der Waals surface area (Å²) in [6.07, 6.45) is 9.02. The molecule has 0 amide bonds. The topological polar surface area (TPSA) is 26.3 Å². The van der Waals surface area contributed by atoms with Crippen molar-refractivity contribution in [3.63, 3.8) is 0 Å². The molecule has 0 radical (unpaired) electrons. The number of ether oxygens (including phenoxy) is 1. The molecule has 1 rings (SSSR count). The highest BCUT2D eigenvalue weighted by Gasteiger charge is 2.22. The molecule has 0 aliphatic carbocycles. The molecule has 0 aromatic heterocycles. The van der Waals surface area contributed by atoms with Gasteiger partial charge in [-0.15, -0.1) is 0 Å². The Bertz CT molecular complexity index is 406. The fourth-order valence-electron chi connectivity index (χ4n) is 1.92. The Morgan fingerprint density at radius 2 is 2.26 bits per heavy atom. The van der Waals surface area contributed by atoms with Gasteiger partial charge >= 0.3 is 0 Å². The van der Waals surface area contributed by atoms with Crippen molar-refractivity contribution >= 4 is 24.8 Å². The average molecular weight is 302 g/mol.